The minimum atomic E-state index is 0.960. The summed E-state index contributed by atoms with van der Waals surface area (Å²) in [6.07, 6.45) is 5.47. The number of piperidine rings is 1. The topological polar surface area (TPSA) is 15.3 Å². The van der Waals surface area contributed by atoms with Crippen LogP contribution in [0.2, 0.25) is 0 Å². The lowest BCUT2D eigenvalue weighted by Gasteiger charge is -2.34. The zero-order chi connectivity index (χ0) is 13.5. The number of nitrogens with one attached hydrogen (secondary N) is 1. The second-order valence-corrected chi connectivity index (χ2v) is 5.63. The van der Waals surface area contributed by atoms with Gasteiger partial charge in [-0.05, 0) is 36.9 Å². The lowest BCUT2D eigenvalue weighted by Crippen LogP contribution is -2.34. The predicted molar refractivity (Wildman–Crippen MR) is 83.7 cm³/mol. The van der Waals surface area contributed by atoms with Crippen LogP contribution >= 0.6 is 0 Å². The number of hydrogen-bond acceptors (Lipinski definition) is 2. The predicted octanol–water partition coefficient (Wildman–Crippen LogP) is 3.81. The number of benzene rings is 1. The molecule has 2 nitrogen and oxygen atoms in total. The van der Waals surface area contributed by atoms with Crippen LogP contribution in [0.1, 0.15) is 45.1 Å². The van der Waals surface area contributed by atoms with Crippen molar-refractivity contribution in [2.24, 2.45) is 5.92 Å². The van der Waals surface area contributed by atoms with E-state index in [1.807, 2.05) is 0 Å². The number of rotatable bonds is 6. The van der Waals surface area contributed by atoms with E-state index in [4.69, 9.17) is 0 Å². The summed E-state index contributed by atoms with van der Waals surface area (Å²) in [6.45, 7) is 8.95. The van der Waals surface area contributed by atoms with Crippen LogP contribution in [0, 0.1) is 5.92 Å². The van der Waals surface area contributed by atoms with Gasteiger partial charge in [0.25, 0.3) is 0 Å². The number of hydrogen-bond donors (Lipinski definition) is 1. The molecule has 0 radical (unpaired) electrons. The monoisotopic (exact) mass is 260 g/mol. The smallest absolute Gasteiger partial charge is 0.0411 e. The van der Waals surface area contributed by atoms with Gasteiger partial charge in [-0.2, -0.15) is 0 Å². The van der Waals surface area contributed by atoms with Crippen LogP contribution in [-0.4, -0.2) is 19.6 Å². The SMILES string of the molecule is CCCC1CCN(c2ccccc2CNCC)CC1. The molecule has 0 aliphatic carbocycles. The first-order valence-corrected chi connectivity index (χ1v) is 7.88. The van der Waals surface area contributed by atoms with E-state index in [9.17, 15) is 0 Å². The Morgan fingerprint density at radius 2 is 1.89 bits per heavy atom. The molecule has 1 heterocycles. The maximum absolute atomic E-state index is 3.45. The van der Waals surface area contributed by atoms with Crippen LogP contribution in [0.15, 0.2) is 24.3 Å². The zero-order valence-electron chi connectivity index (χ0n) is 12.5. The van der Waals surface area contributed by atoms with Crippen LogP contribution in [0.3, 0.4) is 0 Å². The molecule has 0 spiro atoms. The quantitative estimate of drug-likeness (QED) is 0.836. The fourth-order valence-corrected chi connectivity index (χ4v) is 3.10. The molecule has 1 N–H and O–H groups in total. The summed E-state index contributed by atoms with van der Waals surface area (Å²) in [6, 6.07) is 8.87. The lowest BCUT2D eigenvalue weighted by atomic mass is 9.92. The minimum absolute atomic E-state index is 0.960. The Balaban J connectivity index is 1.98. The molecule has 1 aliphatic heterocycles. The normalized spacial score (nSPS) is 16.8. The van der Waals surface area contributed by atoms with Crippen molar-refractivity contribution in [2.45, 2.75) is 46.1 Å². The molecule has 0 aromatic heterocycles. The summed E-state index contributed by atoms with van der Waals surface area (Å²) in [5.41, 5.74) is 2.89. The molecule has 1 fully saturated rings. The van der Waals surface area contributed by atoms with Gasteiger partial charge in [0.1, 0.15) is 0 Å². The highest BCUT2D eigenvalue weighted by atomic mass is 15.1. The van der Waals surface area contributed by atoms with E-state index in [0.717, 1.165) is 19.0 Å². The van der Waals surface area contributed by atoms with E-state index in [2.05, 4.69) is 48.3 Å². The first-order valence-electron chi connectivity index (χ1n) is 7.88. The molecule has 0 unspecified atom stereocenters. The highest BCUT2D eigenvalue weighted by molar-refractivity contribution is 5.53. The summed E-state index contributed by atoms with van der Waals surface area (Å²) < 4.78 is 0. The third kappa shape index (κ3) is 3.97. The molecule has 1 aromatic carbocycles. The maximum atomic E-state index is 3.45. The molecule has 1 aliphatic rings. The fourth-order valence-electron chi connectivity index (χ4n) is 3.10. The molecule has 106 valence electrons. The van der Waals surface area contributed by atoms with Gasteiger partial charge in [0, 0.05) is 25.3 Å². The van der Waals surface area contributed by atoms with Gasteiger partial charge >= 0.3 is 0 Å². The van der Waals surface area contributed by atoms with Crippen molar-refractivity contribution in [3.63, 3.8) is 0 Å². The van der Waals surface area contributed by atoms with Crippen molar-refractivity contribution in [1.82, 2.24) is 5.32 Å². The van der Waals surface area contributed by atoms with Crippen molar-refractivity contribution in [3.8, 4) is 0 Å². The summed E-state index contributed by atoms with van der Waals surface area (Å²) in [5, 5.41) is 3.45. The third-order valence-electron chi connectivity index (χ3n) is 4.21. The summed E-state index contributed by atoms with van der Waals surface area (Å²) >= 11 is 0. The van der Waals surface area contributed by atoms with Crippen LogP contribution in [0.4, 0.5) is 5.69 Å². The minimum Gasteiger partial charge on any atom is -0.371 e. The highest BCUT2D eigenvalue weighted by Gasteiger charge is 2.19. The molecule has 0 amide bonds. The molecule has 1 saturated heterocycles. The lowest BCUT2D eigenvalue weighted by molar-refractivity contribution is 0.378. The molecule has 2 heteroatoms. The fraction of sp³-hybridized carbons (Fsp3) is 0.647. The largest absolute Gasteiger partial charge is 0.371 e. The van der Waals surface area contributed by atoms with Gasteiger partial charge < -0.3 is 10.2 Å². The Kier molecular flexibility index (Phi) is 5.71. The Labute approximate surface area is 118 Å². The van der Waals surface area contributed by atoms with Crippen molar-refractivity contribution < 1.29 is 0 Å². The van der Waals surface area contributed by atoms with Crippen LogP contribution in [0.25, 0.3) is 0 Å². The Bertz CT molecular complexity index is 367. The van der Waals surface area contributed by atoms with Gasteiger partial charge in [0.05, 0.1) is 0 Å². The number of nitrogens with zero attached hydrogens (tertiary/aromatic N) is 1. The molecule has 2 rings (SSSR count). The van der Waals surface area contributed by atoms with E-state index >= 15 is 0 Å². The van der Waals surface area contributed by atoms with Gasteiger partial charge in [0.15, 0.2) is 0 Å². The number of anilines is 1. The summed E-state index contributed by atoms with van der Waals surface area (Å²) in [7, 11) is 0. The second-order valence-electron chi connectivity index (χ2n) is 5.63. The second kappa shape index (κ2) is 7.54. The Morgan fingerprint density at radius 1 is 1.16 bits per heavy atom. The van der Waals surface area contributed by atoms with E-state index < -0.39 is 0 Å². The van der Waals surface area contributed by atoms with Gasteiger partial charge in [-0.1, -0.05) is 44.9 Å². The first-order chi connectivity index (χ1) is 9.35. The Morgan fingerprint density at radius 3 is 2.58 bits per heavy atom. The van der Waals surface area contributed by atoms with E-state index in [1.54, 1.807) is 0 Å². The van der Waals surface area contributed by atoms with Gasteiger partial charge in [-0.3, -0.25) is 0 Å². The molecule has 19 heavy (non-hydrogen) atoms. The molecular weight excluding hydrogens is 232 g/mol. The molecule has 1 aromatic rings. The first kappa shape index (κ1) is 14.4. The molecule has 0 saturated carbocycles. The van der Waals surface area contributed by atoms with Crippen LogP contribution in [0.5, 0.6) is 0 Å². The van der Waals surface area contributed by atoms with Crippen LogP contribution < -0.4 is 10.2 Å². The third-order valence-corrected chi connectivity index (χ3v) is 4.21. The van der Waals surface area contributed by atoms with E-state index in [1.165, 1.54) is 50.0 Å². The molecule has 0 atom stereocenters. The van der Waals surface area contributed by atoms with Crippen molar-refractivity contribution in [1.29, 1.82) is 0 Å². The van der Waals surface area contributed by atoms with Crippen LogP contribution in [-0.2, 0) is 6.54 Å². The maximum Gasteiger partial charge on any atom is 0.0411 e. The van der Waals surface area contributed by atoms with Crippen molar-refractivity contribution >= 4 is 5.69 Å². The summed E-state index contributed by atoms with van der Waals surface area (Å²) in [4.78, 5) is 2.58. The van der Waals surface area contributed by atoms with Crippen molar-refractivity contribution in [3.05, 3.63) is 29.8 Å². The average molecular weight is 260 g/mol. The van der Waals surface area contributed by atoms with Gasteiger partial charge in [0.2, 0.25) is 0 Å². The number of para-hydroxylation sites is 1. The van der Waals surface area contributed by atoms with Crippen molar-refractivity contribution in [2.75, 3.05) is 24.5 Å². The Hall–Kier alpha value is -1.02. The van der Waals surface area contributed by atoms with E-state index in [0.29, 0.717) is 0 Å². The average Bonchev–Trinajstić information content (AvgIpc) is 2.47. The summed E-state index contributed by atoms with van der Waals surface area (Å²) in [5.74, 6) is 0.960. The zero-order valence-corrected chi connectivity index (χ0v) is 12.5. The molecule has 0 bridgehead atoms. The molecular formula is C17H28N2. The standard InChI is InChI=1S/C17H28N2/c1-3-7-15-10-12-19(13-11-15)17-9-6-5-8-16(17)14-18-4-2/h5-6,8-9,15,18H,3-4,7,10-14H2,1-2H3. The highest BCUT2D eigenvalue weighted by Crippen LogP contribution is 2.28. The van der Waals surface area contributed by atoms with Gasteiger partial charge in [-0.15, -0.1) is 0 Å². The van der Waals surface area contributed by atoms with Gasteiger partial charge in [-0.25, -0.2) is 0 Å². The van der Waals surface area contributed by atoms with E-state index in [-0.39, 0.29) is 0 Å².